The molecule has 3 N–H and O–H groups in total. The maximum absolute atomic E-state index is 11.2. The highest BCUT2D eigenvalue weighted by Crippen LogP contribution is 2.17. The summed E-state index contributed by atoms with van der Waals surface area (Å²) in [4.78, 5) is 21.7. The molecule has 2 aromatic carbocycles. The Kier molecular flexibility index (Phi) is 5.18. The number of rotatable bonds is 6. The standard InChI is InChI=1S/C15H15N3O4/c19-15(17-20)12-7-5-11(6-8-12)9-16-10-13-3-1-2-4-14(13)18(21)22/h1-8,16,20H,9-10H2,(H,17,19). The van der Waals surface area contributed by atoms with Gasteiger partial charge in [0.2, 0.25) is 0 Å². The number of nitrogens with one attached hydrogen (secondary N) is 2. The topological polar surface area (TPSA) is 104 Å². The van der Waals surface area contributed by atoms with Crippen molar-refractivity contribution in [1.82, 2.24) is 10.8 Å². The van der Waals surface area contributed by atoms with Gasteiger partial charge in [-0.25, -0.2) is 5.48 Å². The van der Waals surface area contributed by atoms with Crippen LogP contribution in [0.4, 0.5) is 5.69 Å². The first-order valence-electron chi connectivity index (χ1n) is 6.58. The van der Waals surface area contributed by atoms with E-state index in [9.17, 15) is 14.9 Å². The van der Waals surface area contributed by atoms with Gasteiger partial charge in [-0.3, -0.25) is 20.1 Å². The van der Waals surface area contributed by atoms with Crippen LogP contribution in [0.2, 0.25) is 0 Å². The van der Waals surface area contributed by atoms with Gasteiger partial charge in [0.05, 0.1) is 4.92 Å². The van der Waals surface area contributed by atoms with Crippen LogP contribution in [0.25, 0.3) is 0 Å². The molecule has 0 atom stereocenters. The van der Waals surface area contributed by atoms with E-state index in [1.54, 1.807) is 47.9 Å². The highest BCUT2D eigenvalue weighted by molar-refractivity contribution is 5.93. The van der Waals surface area contributed by atoms with Crippen LogP contribution in [-0.2, 0) is 13.1 Å². The SMILES string of the molecule is O=C(NO)c1ccc(CNCc2ccccc2[N+](=O)[O-])cc1. The van der Waals surface area contributed by atoms with E-state index in [1.807, 2.05) is 0 Å². The third kappa shape index (κ3) is 3.87. The normalized spacial score (nSPS) is 10.2. The molecule has 0 heterocycles. The Labute approximate surface area is 126 Å². The quantitative estimate of drug-likeness (QED) is 0.430. The molecule has 1 amide bonds. The number of hydrogen-bond donors (Lipinski definition) is 3. The van der Waals surface area contributed by atoms with E-state index in [4.69, 9.17) is 5.21 Å². The average Bonchev–Trinajstić information content (AvgIpc) is 2.55. The molecule has 0 unspecified atom stereocenters. The zero-order valence-electron chi connectivity index (χ0n) is 11.7. The lowest BCUT2D eigenvalue weighted by molar-refractivity contribution is -0.385. The summed E-state index contributed by atoms with van der Waals surface area (Å²) in [6.07, 6.45) is 0. The predicted octanol–water partition coefficient (Wildman–Crippen LogP) is 2.00. The van der Waals surface area contributed by atoms with Crippen molar-refractivity contribution in [2.24, 2.45) is 0 Å². The van der Waals surface area contributed by atoms with Crippen LogP contribution in [0, 0.1) is 10.1 Å². The molecule has 0 aliphatic heterocycles. The van der Waals surface area contributed by atoms with Gasteiger partial charge in [-0.1, -0.05) is 30.3 Å². The Bertz CT molecular complexity index is 671. The third-order valence-electron chi connectivity index (χ3n) is 3.15. The molecule has 2 rings (SSSR count). The molecule has 0 aromatic heterocycles. The van der Waals surface area contributed by atoms with Crippen LogP contribution in [0.1, 0.15) is 21.5 Å². The number of carbonyl (C=O) groups excluding carboxylic acids is 1. The highest BCUT2D eigenvalue weighted by atomic mass is 16.6. The van der Waals surface area contributed by atoms with Crippen molar-refractivity contribution in [2.75, 3.05) is 0 Å². The summed E-state index contributed by atoms with van der Waals surface area (Å²) in [6.45, 7) is 0.878. The van der Waals surface area contributed by atoms with Crippen LogP contribution >= 0.6 is 0 Å². The second kappa shape index (κ2) is 7.30. The van der Waals surface area contributed by atoms with Crippen molar-refractivity contribution in [3.63, 3.8) is 0 Å². The molecule has 114 valence electrons. The molecular weight excluding hydrogens is 286 g/mol. The van der Waals surface area contributed by atoms with Crippen LogP contribution in [0.15, 0.2) is 48.5 Å². The fraction of sp³-hybridized carbons (Fsp3) is 0.133. The number of nitrogens with zero attached hydrogens (tertiary/aromatic N) is 1. The summed E-state index contributed by atoms with van der Waals surface area (Å²) in [7, 11) is 0. The van der Waals surface area contributed by atoms with E-state index in [0.29, 0.717) is 24.2 Å². The first kappa shape index (κ1) is 15.6. The number of amides is 1. The first-order chi connectivity index (χ1) is 10.6. The molecule has 0 saturated carbocycles. The molecule has 0 bridgehead atoms. The molecule has 2 aromatic rings. The van der Waals surface area contributed by atoms with Crippen LogP contribution in [0.3, 0.4) is 0 Å². The fourth-order valence-corrected chi connectivity index (χ4v) is 2.02. The van der Waals surface area contributed by atoms with Crippen molar-refractivity contribution >= 4 is 11.6 Å². The van der Waals surface area contributed by atoms with Crippen molar-refractivity contribution in [3.8, 4) is 0 Å². The zero-order chi connectivity index (χ0) is 15.9. The average molecular weight is 301 g/mol. The van der Waals surface area contributed by atoms with Gasteiger partial charge >= 0.3 is 0 Å². The molecule has 0 fully saturated rings. The number of carbonyl (C=O) groups is 1. The highest BCUT2D eigenvalue weighted by Gasteiger charge is 2.11. The number of nitro groups is 1. The lowest BCUT2D eigenvalue weighted by Crippen LogP contribution is -2.18. The van der Waals surface area contributed by atoms with Crippen LogP contribution in [-0.4, -0.2) is 16.0 Å². The Morgan fingerprint density at radius 3 is 2.41 bits per heavy atom. The third-order valence-corrected chi connectivity index (χ3v) is 3.15. The summed E-state index contributed by atoms with van der Waals surface area (Å²) in [5, 5.41) is 22.6. The van der Waals surface area contributed by atoms with Crippen LogP contribution < -0.4 is 10.8 Å². The Hall–Kier alpha value is -2.77. The molecular formula is C15H15N3O4. The summed E-state index contributed by atoms with van der Waals surface area (Å²) in [6, 6.07) is 13.2. The Morgan fingerprint density at radius 2 is 1.77 bits per heavy atom. The van der Waals surface area contributed by atoms with Crippen molar-refractivity contribution < 1.29 is 14.9 Å². The minimum absolute atomic E-state index is 0.0879. The monoisotopic (exact) mass is 301 g/mol. The molecule has 0 radical (unpaired) electrons. The molecule has 22 heavy (non-hydrogen) atoms. The van der Waals surface area contributed by atoms with Gasteiger partial charge in [-0.2, -0.15) is 0 Å². The Morgan fingerprint density at radius 1 is 1.09 bits per heavy atom. The molecule has 0 aliphatic rings. The number of nitro benzene ring substituents is 1. The van der Waals surface area contributed by atoms with Gasteiger partial charge in [0.1, 0.15) is 0 Å². The van der Waals surface area contributed by atoms with Gasteiger partial charge < -0.3 is 5.32 Å². The number of hydrogen-bond acceptors (Lipinski definition) is 5. The smallest absolute Gasteiger partial charge is 0.274 e. The number of hydroxylamine groups is 1. The van der Waals surface area contributed by atoms with Gasteiger partial charge in [-0.15, -0.1) is 0 Å². The lowest BCUT2D eigenvalue weighted by atomic mass is 10.1. The van der Waals surface area contributed by atoms with Gasteiger partial charge in [0.15, 0.2) is 0 Å². The first-order valence-corrected chi connectivity index (χ1v) is 6.58. The molecule has 0 saturated heterocycles. The number of para-hydroxylation sites is 1. The maximum Gasteiger partial charge on any atom is 0.274 e. The van der Waals surface area contributed by atoms with E-state index < -0.39 is 10.8 Å². The predicted molar refractivity (Wildman–Crippen MR) is 79.3 cm³/mol. The molecule has 0 aliphatic carbocycles. The summed E-state index contributed by atoms with van der Waals surface area (Å²) in [5.74, 6) is -0.570. The Balaban J connectivity index is 1.94. The number of benzene rings is 2. The van der Waals surface area contributed by atoms with E-state index in [1.165, 1.54) is 6.07 Å². The van der Waals surface area contributed by atoms with E-state index in [-0.39, 0.29) is 5.69 Å². The van der Waals surface area contributed by atoms with Crippen molar-refractivity contribution in [1.29, 1.82) is 0 Å². The molecule has 7 heteroatoms. The zero-order valence-corrected chi connectivity index (χ0v) is 11.7. The minimum atomic E-state index is -0.570. The lowest BCUT2D eigenvalue weighted by Gasteiger charge is -2.06. The van der Waals surface area contributed by atoms with E-state index in [0.717, 1.165) is 5.56 Å². The fourth-order valence-electron chi connectivity index (χ4n) is 2.02. The maximum atomic E-state index is 11.2. The van der Waals surface area contributed by atoms with Crippen molar-refractivity contribution in [3.05, 3.63) is 75.3 Å². The second-order valence-corrected chi connectivity index (χ2v) is 4.63. The van der Waals surface area contributed by atoms with Gasteiger partial charge in [-0.05, 0) is 17.7 Å². The second-order valence-electron chi connectivity index (χ2n) is 4.63. The molecule has 7 nitrogen and oxygen atoms in total. The van der Waals surface area contributed by atoms with E-state index in [2.05, 4.69) is 5.32 Å². The van der Waals surface area contributed by atoms with Crippen molar-refractivity contribution in [2.45, 2.75) is 13.1 Å². The van der Waals surface area contributed by atoms with Gasteiger partial charge in [0.25, 0.3) is 11.6 Å². The van der Waals surface area contributed by atoms with Gasteiger partial charge in [0, 0.05) is 30.3 Å². The van der Waals surface area contributed by atoms with Crippen LogP contribution in [0.5, 0.6) is 0 Å². The van der Waals surface area contributed by atoms with E-state index >= 15 is 0 Å². The summed E-state index contributed by atoms with van der Waals surface area (Å²) in [5.41, 5.74) is 3.54. The molecule has 0 spiro atoms. The largest absolute Gasteiger partial charge is 0.308 e. The summed E-state index contributed by atoms with van der Waals surface area (Å²) >= 11 is 0. The summed E-state index contributed by atoms with van der Waals surface area (Å²) < 4.78 is 0. The minimum Gasteiger partial charge on any atom is -0.308 e.